The molecule has 2 heterocycles. The van der Waals surface area contributed by atoms with E-state index in [1.807, 2.05) is 24.3 Å². The van der Waals surface area contributed by atoms with Crippen LogP contribution >= 0.6 is 0 Å². The summed E-state index contributed by atoms with van der Waals surface area (Å²) >= 11 is 0. The molecule has 4 rings (SSSR count). The summed E-state index contributed by atoms with van der Waals surface area (Å²) in [5.74, 6) is -1.10. The molecular formula is C21H15F2N5O. The van der Waals surface area contributed by atoms with Crippen LogP contribution in [0.2, 0.25) is 0 Å². The predicted molar refractivity (Wildman–Crippen MR) is 105 cm³/mol. The van der Waals surface area contributed by atoms with Crippen molar-refractivity contribution < 1.29 is 8.78 Å². The Kier molecular flexibility index (Phi) is 4.82. The molecule has 0 fully saturated rings. The standard InChI is InChI=1S/C21H15F2N5O/c22-16-7-15(8-17(23)9-16)18-4-5-21(29)28(27-18)12-13-2-1-3-14(6-13)19-10-26-20(24)11-25-19/h1-11H,12H2,(H2,24,26). The van der Waals surface area contributed by atoms with Gasteiger partial charge >= 0.3 is 0 Å². The van der Waals surface area contributed by atoms with Crippen LogP contribution in [0, 0.1) is 11.6 Å². The predicted octanol–water partition coefficient (Wildman–Crippen LogP) is 3.28. The third kappa shape index (κ3) is 4.16. The van der Waals surface area contributed by atoms with Gasteiger partial charge in [0.2, 0.25) is 0 Å². The van der Waals surface area contributed by atoms with Crippen LogP contribution in [-0.4, -0.2) is 19.7 Å². The molecule has 0 bridgehead atoms. The SMILES string of the molecule is Nc1cnc(-c2cccc(Cn3nc(-c4cc(F)cc(F)c4)ccc3=O)c2)cn1. The fourth-order valence-corrected chi connectivity index (χ4v) is 2.91. The summed E-state index contributed by atoms with van der Waals surface area (Å²) < 4.78 is 28.3. The van der Waals surface area contributed by atoms with Gasteiger partial charge in [0.25, 0.3) is 5.56 Å². The van der Waals surface area contributed by atoms with Gasteiger partial charge in [-0.3, -0.25) is 9.78 Å². The first-order valence-corrected chi connectivity index (χ1v) is 8.69. The molecule has 0 atom stereocenters. The smallest absolute Gasteiger partial charge is 0.267 e. The van der Waals surface area contributed by atoms with Crippen LogP contribution in [0.25, 0.3) is 22.5 Å². The number of rotatable bonds is 4. The molecule has 0 spiro atoms. The van der Waals surface area contributed by atoms with Crippen molar-refractivity contribution >= 4 is 5.82 Å². The van der Waals surface area contributed by atoms with Gasteiger partial charge in [0.15, 0.2) is 0 Å². The van der Waals surface area contributed by atoms with Crippen LogP contribution in [0.15, 0.2) is 71.8 Å². The van der Waals surface area contributed by atoms with Crippen molar-refractivity contribution in [2.75, 3.05) is 5.73 Å². The Morgan fingerprint density at radius 2 is 1.66 bits per heavy atom. The van der Waals surface area contributed by atoms with Gasteiger partial charge in [-0.1, -0.05) is 18.2 Å². The van der Waals surface area contributed by atoms with Gasteiger partial charge in [-0.05, 0) is 29.8 Å². The third-order valence-electron chi connectivity index (χ3n) is 4.25. The fraction of sp³-hybridized carbons (Fsp3) is 0.0476. The number of hydrogen-bond acceptors (Lipinski definition) is 5. The summed E-state index contributed by atoms with van der Waals surface area (Å²) in [5.41, 5.74) is 8.04. The molecule has 0 aliphatic heterocycles. The van der Waals surface area contributed by atoms with Crippen molar-refractivity contribution in [2.45, 2.75) is 6.54 Å². The molecule has 0 saturated carbocycles. The first-order valence-electron chi connectivity index (χ1n) is 8.69. The number of nitrogen functional groups attached to an aromatic ring is 1. The lowest BCUT2D eigenvalue weighted by Gasteiger charge is -2.09. The second-order valence-corrected chi connectivity index (χ2v) is 6.40. The van der Waals surface area contributed by atoms with Crippen LogP contribution in [0.1, 0.15) is 5.56 Å². The minimum atomic E-state index is -0.711. The highest BCUT2D eigenvalue weighted by Crippen LogP contribution is 2.20. The summed E-state index contributed by atoms with van der Waals surface area (Å²) in [4.78, 5) is 20.5. The minimum absolute atomic E-state index is 0.181. The van der Waals surface area contributed by atoms with Gasteiger partial charge in [-0.15, -0.1) is 0 Å². The van der Waals surface area contributed by atoms with Crippen molar-refractivity contribution in [1.29, 1.82) is 0 Å². The maximum absolute atomic E-state index is 13.5. The average Bonchev–Trinajstić information content (AvgIpc) is 2.70. The van der Waals surface area contributed by atoms with Gasteiger partial charge in [0, 0.05) is 23.3 Å². The van der Waals surface area contributed by atoms with E-state index in [0.717, 1.165) is 17.2 Å². The van der Waals surface area contributed by atoms with E-state index in [9.17, 15) is 13.6 Å². The van der Waals surface area contributed by atoms with Crippen LogP contribution < -0.4 is 11.3 Å². The lowest BCUT2D eigenvalue weighted by atomic mass is 10.1. The van der Waals surface area contributed by atoms with Crippen LogP contribution in [0.5, 0.6) is 0 Å². The molecule has 2 aromatic carbocycles. The molecule has 0 radical (unpaired) electrons. The number of anilines is 1. The van der Waals surface area contributed by atoms with E-state index in [1.54, 1.807) is 6.20 Å². The minimum Gasteiger partial charge on any atom is -0.382 e. The Labute approximate surface area is 164 Å². The zero-order valence-corrected chi connectivity index (χ0v) is 15.1. The molecule has 0 unspecified atom stereocenters. The van der Waals surface area contributed by atoms with E-state index in [0.29, 0.717) is 17.2 Å². The maximum atomic E-state index is 13.5. The molecule has 0 amide bonds. The monoisotopic (exact) mass is 391 g/mol. The Morgan fingerprint density at radius 3 is 2.38 bits per heavy atom. The van der Waals surface area contributed by atoms with Crippen molar-refractivity contribution in [3.63, 3.8) is 0 Å². The molecular weight excluding hydrogens is 376 g/mol. The van der Waals surface area contributed by atoms with Crippen molar-refractivity contribution in [1.82, 2.24) is 19.7 Å². The van der Waals surface area contributed by atoms with E-state index in [4.69, 9.17) is 5.73 Å². The van der Waals surface area contributed by atoms with Crippen molar-refractivity contribution in [3.05, 3.63) is 94.5 Å². The van der Waals surface area contributed by atoms with E-state index in [1.165, 1.54) is 35.1 Å². The maximum Gasteiger partial charge on any atom is 0.267 e. The van der Waals surface area contributed by atoms with Gasteiger partial charge in [0.1, 0.15) is 17.5 Å². The largest absolute Gasteiger partial charge is 0.382 e. The number of halogens is 2. The number of nitrogens with two attached hydrogens (primary N) is 1. The molecule has 0 saturated heterocycles. The highest BCUT2D eigenvalue weighted by Gasteiger charge is 2.08. The lowest BCUT2D eigenvalue weighted by molar-refractivity contribution is 0.583. The molecule has 144 valence electrons. The van der Waals surface area contributed by atoms with Crippen molar-refractivity contribution in [3.8, 4) is 22.5 Å². The highest BCUT2D eigenvalue weighted by atomic mass is 19.1. The zero-order chi connectivity index (χ0) is 20.4. The van der Waals surface area contributed by atoms with Crippen molar-refractivity contribution in [2.24, 2.45) is 0 Å². The number of hydrogen-bond donors (Lipinski definition) is 1. The topological polar surface area (TPSA) is 86.7 Å². The van der Waals surface area contributed by atoms with Gasteiger partial charge in [-0.25, -0.2) is 18.4 Å². The first kappa shape index (κ1) is 18.4. The molecule has 8 heteroatoms. The van der Waals surface area contributed by atoms with Crippen LogP contribution in [0.3, 0.4) is 0 Å². The third-order valence-corrected chi connectivity index (χ3v) is 4.25. The number of nitrogens with zero attached hydrogens (tertiary/aromatic N) is 4. The molecule has 0 aliphatic carbocycles. The normalized spacial score (nSPS) is 10.8. The summed E-state index contributed by atoms with van der Waals surface area (Å²) in [7, 11) is 0. The van der Waals surface area contributed by atoms with Gasteiger partial charge in [0.05, 0.1) is 30.3 Å². The number of benzene rings is 2. The van der Waals surface area contributed by atoms with Gasteiger partial charge in [-0.2, -0.15) is 5.10 Å². The van der Waals surface area contributed by atoms with Gasteiger partial charge < -0.3 is 5.73 Å². The fourth-order valence-electron chi connectivity index (χ4n) is 2.91. The summed E-state index contributed by atoms with van der Waals surface area (Å²) in [6, 6.07) is 13.3. The van der Waals surface area contributed by atoms with Crippen LogP contribution in [0.4, 0.5) is 14.6 Å². The van der Waals surface area contributed by atoms with E-state index >= 15 is 0 Å². The average molecular weight is 391 g/mol. The highest BCUT2D eigenvalue weighted by molar-refractivity contribution is 5.60. The summed E-state index contributed by atoms with van der Waals surface area (Å²) in [6.45, 7) is 0.181. The molecule has 4 aromatic rings. The quantitative estimate of drug-likeness (QED) is 0.577. The van der Waals surface area contributed by atoms with E-state index < -0.39 is 11.6 Å². The molecule has 6 nitrogen and oxygen atoms in total. The van der Waals surface area contributed by atoms with Crippen LogP contribution in [-0.2, 0) is 6.54 Å². The van der Waals surface area contributed by atoms with E-state index in [2.05, 4.69) is 15.1 Å². The lowest BCUT2D eigenvalue weighted by Crippen LogP contribution is -2.22. The molecule has 2 N–H and O–H groups in total. The summed E-state index contributed by atoms with van der Waals surface area (Å²) in [6.07, 6.45) is 3.04. The Hall–Kier alpha value is -3.94. The second-order valence-electron chi connectivity index (χ2n) is 6.40. The Morgan fingerprint density at radius 1 is 0.862 bits per heavy atom. The zero-order valence-electron chi connectivity index (χ0n) is 15.1. The summed E-state index contributed by atoms with van der Waals surface area (Å²) in [5, 5.41) is 4.26. The van der Waals surface area contributed by atoms with E-state index in [-0.39, 0.29) is 17.7 Å². The Balaban J connectivity index is 1.67. The number of aromatic nitrogens is 4. The molecule has 0 aliphatic rings. The second kappa shape index (κ2) is 7.59. The first-order chi connectivity index (χ1) is 14.0. The molecule has 29 heavy (non-hydrogen) atoms. The molecule has 2 aromatic heterocycles. The Bertz CT molecular complexity index is 1220.